The van der Waals surface area contributed by atoms with Crippen LogP contribution in [-0.2, 0) is 6.42 Å². The van der Waals surface area contributed by atoms with Gasteiger partial charge < -0.3 is 9.84 Å². The number of aromatic hydroxyl groups is 1. The van der Waals surface area contributed by atoms with Gasteiger partial charge in [0.2, 0.25) is 0 Å². The molecule has 4 rings (SSSR count). The van der Waals surface area contributed by atoms with Crippen LogP contribution in [0.1, 0.15) is 21.5 Å². The van der Waals surface area contributed by atoms with E-state index < -0.39 is 0 Å². The average molecular weight is 357 g/mol. The predicted octanol–water partition coefficient (Wildman–Crippen LogP) is 4.63. The highest BCUT2D eigenvalue weighted by Gasteiger charge is 2.16. The molecule has 0 amide bonds. The zero-order valence-electron chi connectivity index (χ0n) is 14.9. The van der Waals surface area contributed by atoms with Crippen molar-refractivity contribution in [3.05, 3.63) is 95.7 Å². The SMILES string of the molecule is COc1cccc(C(=O)n2cc(Cc3ccccc3)c3ccc(O)cc32)c1. The molecule has 27 heavy (non-hydrogen) atoms. The van der Waals surface area contributed by atoms with E-state index in [9.17, 15) is 9.90 Å². The summed E-state index contributed by atoms with van der Waals surface area (Å²) in [4.78, 5) is 13.1. The fraction of sp³-hybridized carbons (Fsp3) is 0.0870. The van der Waals surface area contributed by atoms with Gasteiger partial charge in [-0.25, -0.2) is 0 Å². The lowest BCUT2D eigenvalue weighted by Crippen LogP contribution is -2.10. The molecule has 134 valence electrons. The molecular formula is C23H19NO3. The van der Waals surface area contributed by atoms with Crippen molar-refractivity contribution >= 4 is 16.8 Å². The highest BCUT2D eigenvalue weighted by atomic mass is 16.5. The zero-order valence-corrected chi connectivity index (χ0v) is 14.9. The number of benzene rings is 3. The maximum absolute atomic E-state index is 13.1. The molecule has 0 aliphatic carbocycles. The normalized spacial score (nSPS) is 10.9. The third kappa shape index (κ3) is 3.29. The molecule has 0 radical (unpaired) electrons. The lowest BCUT2D eigenvalue weighted by molar-refractivity contribution is 0.0964. The first-order valence-corrected chi connectivity index (χ1v) is 8.71. The Balaban J connectivity index is 1.82. The molecular weight excluding hydrogens is 338 g/mol. The highest BCUT2D eigenvalue weighted by molar-refractivity contribution is 6.03. The van der Waals surface area contributed by atoms with Gasteiger partial charge in [0.1, 0.15) is 11.5 Å². The van der Waals surface area contributed by atoms with Gasteiger partial charge in [0.25, 0.3) is 5.91 Å². The largest absolute Gasteiger partial charge is 0.508 e. The molecule has 0 unspecified atom stereocenters. The summed E-state index contributed by atoms with van der Waals surface area (Å²) in [6.07, 6.45) is 2.57. The zero-order chi connectivity index (χ0) is 18.8. The number of phenols is 1. The molecule has 4 aromatic rings. The number of fused-ring (bicyclic) bond motifs is 1. The minimum atomic E-state index is -0.163. The van der Waals surface area contributed by atoms with Crippen LogP contribution in [0.5, 0.6) is 11.5 Å². The quantitative estimate of drug-likeness (QED) is 0.579. The number of nitrogens with zero attached hydrogens (tertiary/aromatic N) is 1. The lowest BCUT2D eigenvalue weighted by Gasteiger charge is -2.06. The number of rotatable bonds is 4. The average Bonchev–Trinajstić information content (AvgIpc) is 3.05. The van der Waals surface area contributed by atoms with E-state index in [1.165, 1.54) is 5.56 Å². The van der Waals surface area contributed by atoms with E-state index in [-0.39, 0.29) is 11.7 Å². The number of carbonyl (C=O) groups is 1. The number of aromatic nitrogens is 1. The summed E-state index contributed by atoms with van der Waals surface area (Å²) in [6.45, 7) is 0. The van der Waals surface area contributed by atoms with Crippen LogP contribution in [0.3, 0.4) is 0 Å². The van der Waals surface area contributed by atoms with Crippen LogP contribution in [-0.4, -0.2) is 22.7 Å². The van der Waals surface area contributed by atoms with Crippen LogP contribution >= 0.6 is 0 Å². The number of hydrogen-bond donors (Lipinski definition) is 1. The fourth-order valence-electron chi connectivity index (χ4n) is 3.31. The summed E-state index contributed by atoms with van der Waals surface area (Å²) < 4.78 is 6.83. The molecule has 0 saturated heterocycles. The first kappa shape index (κ1) is 16.9. The molecule has 4 heteroatoms. The molecule has 0 spiro atoms. The monoisotopic (exact) mass is 357 g/mol. The Bertz CT molecular complexity index is 1110. The Morgan fingerprint density at radius 2 is 1.81 bits per heavy atom. The topological polar surface area (TPSA) is 51.5 Å². The number of methoxy groups -OCH3 is 1. The Kier molecular flexibility index (Phi) is 4.38. The van der Waals surface area contributed by atoms with Crippen LogP contribution < -0.4 is 4.74 Å². The standard InChI is InChI=1S/C23H19NO3/c1-27-20-9-5-8-17(13-20)23(26)24-15-18(12-16-6-3-2-4-7-16)21-11-10-19(25)14-22(21)24/h2-11,13-15,25H,12H2,1H3. The summed E-state index contributed by atoms with van der Waals surface area (Å²) in [5, 5.41) is 10.9. The summed E-state index contributed by atoms with van der Waals surface area (Å²) in [5.74, 6) is 0.597. The Morgan fingerprint density at radius 1 is 1.00 bits per heavy atom. The van der Waals surface area contributed by atoms with E-state index in [0.717, 1.165) is 10.9 Å². The van der Waals surface area contributed by atoms with Gasteiger partial charge in [-0.3, -0.25) is 9.36 Å². The van der Waals surface area contributed by atoms with Crippen LogP contribution in [0, 0.1) is 0 Å². The molecule has 0 aliphatic rings. The van der Waals surface area contributed by atoms with Gasteiger partial charge >= 0.3 is 0 Å². The molecule has 4 nitrogen and oxygen atoms in total. The van der Waals surface area contributed by atoms with E-state index >= 15 is 0 Å². The van der Waals surface area contributed by atoms with Crippen molar-refractivity contribution in [2.75, 3.05) is 7.11 Å². The Morgan fingerprint density at radius 3 is 2.59 bits per heavy atom. The Hall–Kier alpha value is -3.53. The smallest absolute Gasteiger partial charge is 0.262 e. The highest BCUT2D eigenvalue weighted by Crippen LogP contribution is 2.28. The van der Waals surface area contributed by atoms with Gasteiger partial charge in [-0.05, 0) is 47.9 Å². The van der Waals surface area contributed by atoms with E-state index in [4.69, 9.17) is 4.74 Å². The van der Waals surface area contributed by atoms with E-state index in [0.29, 0.717) is 23.3 Å². The number of ether oxygens (including phenoxy) is 1. The maximum atomic E-state index is 13.1. The molecule has 1 N–H and O–H groups in total. The molecule has 0 atom stereocenters. The molecule has 0 saturated carbocycles. The van der Waals surface area contributed by atoms with Crippen molar-refractivity contribution in [3.8, 4) is 11.5 Å². The summed E-state index contributed by atoms with van der Waals surface area (Å²) in [6, 6.07) is 22.3. The van der Waals surface area contributed by atoms with Gasteiger partial charge in [-0.15, -0.1) is 0 Å². The van der Waals surface area contributed by atoms with Crippen molar-refractivity contribution in [3.63, 3.8) is 0 Å². The molecule has 3 aromatic carbocycles. The van der Waals surface area contributed by atoms with Crippen molar-refractivity contribution < 1.29 is 14.6 Å². The lowest BCUT2D eigenvalue weighted by atomic mass is 10.0. The van der Waals surface area contributed by atoms with Crippen LogP contribution in [0.2, 0.25) is 0 Å². The minimum Gasteiger partial charge on any atom is -0.508 e. The van der Waals surface area contributed by atoms with Gasteiger partial charge in [0.05, 0.1) is 12.6 Å². The second-order valence-corrected chi connectivity index (χ2v) is 6.43. The van der Waals surface area contributed by atoms with Crippen molar-refractivity contribution in [2.45, 2.75) is 6.42 Å². The van der Waals surface area contributed by atoms with Gasteiger partial charge in [-0.2, -0.15) is 0 Å². The van der Waals surface area contributed by atoms with Crippen LogP contribution in [0.15, 0.2) is 79.0 Å². The third-order valence-corrected chi connectivity index (χ3v) is 4.64. The second-order valence-electron chi connectivity index (χ2n) is 6.43. The fourth-order valence-corrected chi connectivity index (χ4v) is 3.31. The van der Waals surface area contributed by atoms with Crippen molar-refractivity contribution in [1.29, 1.82) is 0 Å². The summed E-state index contributed by atoms with van der Waals surface area (Å²) in [5.41, 5.74) is 3.42. The Labute approximate surface area is 157 Å². The maximum Gasteiger partial charge on any atom is 0.262 e. The molecule has 0 fully saturated rings. The number of phenolic OH excluding ortho intramolecular Hbond substituents is 1. The van der Waals surface area contributed by atoms with Crippen LogP contribution in [0.4, 0.5) is 0 Å². The molecule has 1 aromatic heterocycles. The van der Waals surface area contributed by atoms with Gasteiger partial charge in [0, 0.05) is 23.2 Å². The summed E-state index contributed by atoms with van der Waals surface area (Å²) >= 11 is 0. The minimum absolute atomic E-state index is 0.131. The first-order chi connectivity index (χ1) is 13.2. The van der Waals surface area contributed by atoms with Gasteiger partial charge in [-0.1, -0.05) is 36.4 Å². The van der Waals surface area contributed by atoms with Gasteiger partial charge in [0.15, 0.2) is 0 Å². The van der Waals surface area contributed by atoms with E-state index in [1.807, 2.05) is 30.5 Å². The molecule has 1 heterocycles. The summed E-state index contributed by atoms with van der Waals surface area (Å²) in [7, 11) is 1.57. The third-order valence-electron chi connectivity index (χ3n) is 4.64. The molecule has 0 aliphatic heterocycles. The second kappa shape index (κ2) is 7.00. The van der Waals surface area contributed by atoms with Crippen molar-refractivity contribution in [1.82, 2.24) is 4.57 Å². The van der Waals surface area contributed by atoms with Crippen LogP contribution in [0.25, 0.3) is 10.9 Å². The van der Waals surface area contributed by atoms with E-state index in [2.05, 4.69) is 12.1 Å². The predicted molar refractivity (Wildman–Crippen MR) is 106 cm³/mol. The van der Waals surface area contributed by atoms with Crippen molar-refractivity contribution in [2.24, 2.45) is 0 Å². The molecule has 0 bridgehead atoms. The first-order valence-electron chi connectivity index (χ1n) is 8.71. The number of hydrogen-bond acceptors (Lipinski definition) is 3. The van der Waals surface area contributed by atoms with E-state index in [1.54, 1.807) is 48.1 Å². The number of carbonyl (C=O) groups excluding carboxylic acids is 1.